The number of rotatable bonds is 4. The fourth-order valence-corrected chi connectivity index (χ4v) is 2.39. The highest BCUT2D eigenvalue weighted by atomic mass is 79.9. The van der Waals surface area contributed by atoms with Crippen LogP contribution in [0.15, 0.2) is 57.5 Å². The molecule has 0 aliphatic carbocycles. The van der Waals surface area contributed by atoms with Gasteiger partial charge in [0.1, 0.15) is 0 Å². The van der Waals surface area contributed by atoms with Crippen LogP contribution < -0.4 is 5.32 Å². The van der Waals surface area contributed by atoms with Crippen molar-refractivity contribution >= 4 is 37.5 Å². The van der Waals surface area contributed by atoms with E-state index in [1.54, 1.807) is 0 Å². The van der Waals surface area contributed by atoms with Gasteiger partial charge in [0, 0.05) is 14.6 Å². The Morgan fingerprint density at radius 2 is 1.39 bits per heavy atom. The minimum Gasteiger partial charge on any atom is -0.378 e. The van der Waals surface area contributed by atoms with Gasteiger partial charge in [-0.15, -0.1) is 0 Å². The van der Waals surface area contributed by atoms with Gasteiger partial charge in [0.05, 0.1) is 6.04 Å². The Kier molecular flexibility index (Phi) is 4.84. The molecular weight excluding hydrogens is 354 g/mol. The number of hydrogen-bond acceptors (Lipinski definition) is 1. The minimum atomic E-state index is 0.347. The Bertz CT molecular complexity index is 491. The number of nitrogens with one attached hydrogen (secondary N) is 1. The summed E-state index contributed by atoms with van der Waals surface area (Å²) in [6.07, 6.45) is 1.05. The summed E-state index contributed by atoms with van der Waals surface area (Å²) in [5.41, 5.74) is 2.46. The first-order valence-corrected chi connectivity index (χ1v) is 7.55. The number of hydrogen-bond donors (Lipinski definition) is 1. The zero-order valence-corrected chi connectivity index (χ0v) is 13.3. The number of benzene rings is 2. The molecule has 2 rings (SSSR count). The second-order valence-corrected chi connectivity index (χ2v) is 5.99. The van der Waals surface area contributed by atoms with Gasteiger partial charge in [0.2, 0.25) is 0 Å². The molecule has 18 heavy (non-hydrogen) atoms. The molecule has 0 aliphatic heterocycles. The molecule has 0 saturated heterocycles. The second-order valence-electron chi connectivity index (χ2n) is 4.16. The van der Waals surface area contributed by atoms with E-state index in [-0.39, 0.29) is 0 Å². The summed E-state index contributed by atoms with van der Waals surface area (Å²) < 4.78 is 2.22. The van der Waals surface area contributed by atoms with E-state index in [1.165, 1.54) is 5.56 Å². The molecule has 2 aromatic rings. The maximum Gasteiger partial charge on any atom is 0.0511 e. The van der Waals surface area contributed by atoms with Gasteiger partial charge in [-0.2, -0.15) is 0 Å². The molecule has 2 aromatic carbocycles. The molecule has 0 aliphatic rings. The molecule has 0 radical (unpaired) electrons. The van der Waals surface area contributed by atoms with E-state index in [1.807, 2.05) is 0 Å². The van der Waals surface area contributed by atoms with Crippen LogP contribution in [0.25, 0.3) is 0 Å². The molecule has 1 unspecified atom stereocenters. The molecule has 94 valence electrons. The van der Waals surface area contributed by atoms with Crippen molar-refractivity contribution in [1.29, 1.82) is 0 Å². The molecule has 0 heterocycles. The van der Waals surface area contributed by atoms with Crippen LogP contribution >= 0.6 is 31.9 Å². The van der Waals surface area contributed by atoms with Crippen LogP contribution in [0, 0.1) is 0 Å². The Labute approximate surface area is 125 Å². The number of anilines is 1. The fraction of sp³-hybridized carbons (Fsp3) is 0.200. The van der Waals surface area contributed by atoms with Crippen LogP contribution in [-0.2, 0) is 0 Å². The van der Waals surface area contributed by atoms with Crippen LogP contribution in [0.1, 0.15) is 24.9 Å². The summed E-state index contributed by atoms with van der Waals surface area (Å²) in [7, 11) is 0. The van der Waals surface area contributed by atoms with Crippen molar-refractivity contribution in [3.8, 4) is 0 Å². The lowest BCUT2D eigenvalue weighted by atomic mass is 10.0. The highest BCUT2D eigenvalue weighted by Crippen LogP contribution is 2.24. The lowest BCUT2D eigenvalue weighted by molar-refractivity contribution is 0.749. The highest BCUT2D eigenvalue weighted by Gasteiger charge is 2.08. The topological polar surface area (TPSA) is 12.0 Å². The molecular formula is C15H15Br2N. The first-order chi connectivity index (χ1) is 8.69. The van der Waals surface area contributed by atoms with Crippen molar-refractivity contribution in [1.82, 2.24) is 0 Å². The summed E-state index contributed by atoms with van der Waals surface area (Å²) in [6, 6.07) is 17.1. The minimum absolute atomic E-state index is 0.347. The van der Waals surface area contributed by atoms with Crippen molar-refractivity contribution < 1.29 is 0 Å². The van der Waals surface area contributed by atoms with Gasteiger partial charge in [0.15, 0.2) is 0 Å². The first-order valence-electron chi connectivity index (χ1n) is 5.96. The Morgan fingerprint density at radius 3 is 1.89 bits per heavy atom. The zero-order chi connectivity index (χ0) is 13.0. The number of halogens is 2. The van der Waals surface area contributed by atoms with Gasteiger partial charge >= 0.3 is 0 Å². The first kappa shape index (κ1) is 13.6. The van der Waals surface area contributed by atoms with Crippen molar-refractivity contribution in [2.24, 2.45) is 0 Å². The second kappa shape index (κ2) is 6.39. The van der Waals surface area contributed by atoms with Crippen LogP contribution in [0.5, 0.6) is 0 Å². The summed E-state index contributed by atoms with van der Waals surface area (Å²) >= 11 is 6.91. The molecule has 1 N–H and O–H groups in total. The van der Waals surface area contributed by atoms with Crippen LogP contribution in [0.2, 0.25) is 0 Å². The van der Waals surface area contributed by atoms with Gasteiger partial charge in [-0.1, -0.05) is 50.9 Å². The lowest BCUT2D eigenvalue weighted by Gasteiger charge is -2.19. The average molecular weight is 369 g/mol. The monoisotopic (exact) mass is 367 g/mol. The maximum absolute atomic E-state index is 3.56. The van der Waals surface area contributed by atoms with Gasteiger partial charge in [-0.3, -0.25) is 0 Å². The van der Waals surface area contributed by atoms with Gasteiger partial charge in [-0.05, 0) is 48.4 Å². The third-order valence-corrected chi connectivity index (χ3v) is 3.92. The molecule has 1 nitrogen and oxygen atoms in total. The fourth-order valence-electron chi connectivity index (χ4n) is 1.86. The van der Waals surface area contributed by atoms with Gasteiger partial charge in [-0.25, -0.2) is 0 Å². The van der Waals surface area contributed by atoms with Gasteiger partial charge in [0.25, 0.3) is 0 Å². The van der Waals surface area contributed by atoms with E-state index in [9.17, 15) is 0 Å². The van der Waals surface area contributed by atoms with Crippen molar-refractivity contribution in [2.75, 3.05) is 5.32 Å². The Hall–Kier alpha value is -0.800. The molecule has 0 aromatic heterocycles. The molecule has 0 spiro atoms. The molecule has 0 saturated carbocycles. The van der Waals surface area contributed by atoms with Crippen molar-refractivity contribution in [3.05, 3.63) is 63.0 Å². The van der Waals surface area contributed by atoms with Crippen molar-refractivity contribution in [2.45, 2.75) is 19.4 Å². The third kappa shape index (κ3) is 3.59. The summed E-state index contributed by atoms with van der Waals surface area (Å²) in [5, 5.41) is 3.56. The average Bonchev–Trinajstić information content (AvgIpc) is 2.39. The largest absolute Gasteiger partial charge is 0.378 e. The predicted molar refractivity (Wildman–Crippen MR) is 84.9 cm³/mol. The molecule has 3 heteroatoms. The lowest BCUT2D eigenvalue weighted by Crippen LogP contribution is -2.09. The van der Waals surface area contributed by atoms with Crippen LogP contribution in [0.4, 0.5) is 5.69 Å². The highest BCUT2D eigenvalue weighted by molar-refractivity contribution is 9.10. The molecule has 0 amide bonds. The van der Waals surface area contributed by atoms with Gasteiger partial charge < -0.3 is 5.32 Å². The molecule has 1 atom stereocenters. The molecule has 0 fully saturated rings. The molecule has 0 bridgehead atoms. The van der Waals surface area contributed by atoms with Crippen LogP contribution in [0.3, 0.4) is 0 Å². The van der Waals surface area contributed by atoms with E-state index in [0.717, 1.165) is 21.1 Å². The van der Waals surface area contributed by atoms with Crippen LogP contribution in [-0.4, -0.2) is 0 Å². The standard InChI is InChI=1S/C15H15Br2N/c1-2-15(11-3-5-12(16)6-4-11)18-14-9-7-13(17)8-10-14/h3-10,15,18H,2H2,1H3. The maximum atomic E-state index is 3.56. The summed E-state index contributed by atoms with van der Waals surface area (Å²) in [5.74, 6) is 0. The van der Waals surface area contributed by atoms with E-state index >= 15 is 0 Å². The van der Waals surface area contributed by atoms with E-state index < -0.39 is 0 Å². The Morgan fingerprint density at radius 1 is 0.889 bits per heavy atom. The Balaban J connectivity index is 2.14. The van der Waals surface area contributed by atoms with Crippen molar-refractivity contribution in [3.63, 3.8) is 0 Å². The SMILES string of the molecule is CCC(Nc1ccc(Br)cc1)c1ccc(Br)cc1. The summed E-state index contributed by atoms with van der Waals surface area (Å²) in [6.45, 7) is 2.19. The summed E-state index contributed by atoms with van der Waals surface area (Å²) in [4.78, 5) is 0. The zero-order valence-electron chi connectivity index (χ0n) is 10.2. The normalized spacial score (nSPS) is 12.2. The quantitative estimate of drug-likeness (QED) is 0.721. The smallest absolute Gasteiger partial charge is 0.0511 e. The third-order valence-electron chi connectivity index (χ3n) is 2.87. The van der Waals surface area contributed by atoms with E-state index in [2.05, 4.69) is 92.6 Å². The van der Waals surface area contributed by atoms with E-state index in [0.29, 0.717) is 6.04 Å². The predicted octanol–water partition coefficient (Wildman–Crippen LogP) is 5.77. The van der Waals surface area contributed by atoms with E-state index in [4.69, 9.17) is 0 Å².